The third kappa shape index (κ3) is 2.67. The van der Waals surface area contributed by atoms with Gasteiger partial charge in [-0.2, -0.15) is 5.10 Å². The first-order valence-corrected chi connectivity index (χ1v) is 5.80. The Morgan fingerprint density at radius 2 is 2.47 bits per heavy atom. The third-order valence-electron chi connectivity index (χ3n) is 2.79. The highest BCUT2D eigenvalue weighted by Gasteiger charge is 2.16. The van der Waals surface area contributed by atoms with Crippen molar-refractivity contribution in [1.82, 2.24) is 14.7 Å². The van der Waals surface area contributed by atoms with Gasteiger partial charge in [-0.05, 0) is 25.6 Å². The van der Waals surface area contributed by atoms with Crippen molar-refractivity contribution >= 4 is 5.97 Å². The van der Waals surface area contributed by atoms with E-state index in [4.69, 9.17) is 4.74 Å². The first kappa shape index (κ1) is 11.7. The molecule has 0 N–H and O–H groups in total. The fourth-order valence-corrected chi connectivity index (χ4v) is 1.81. The van der Waals surface area contributed by atoms with Crippen LogP contribution in [0.2, 0.25) is 0 Å². The predicted octanol–water partition coefficient (Wildman–Crippen LogP) is 1.45. The van der Waals surface area contributed by atoms with Crippen molar-refractivity contribution in [3.63, 3.8) is 0 Å². The van der Waals surface area contributed by atoms with E-state index in [1.165, 1.54) is 0 Å². The number of allylic oxidation sites excluding steroid dienone is 1. The number of aromatic nitrogens is 2. The van der Waals surface area contributed by atoms with Gasteiger partial charge in [0.25, 0.3) is 0 Å². The maximum absolute atomic E-state index is 11.5. The van der Waals surface area contributed by atoms with Crippen molar-refractivity contribution in [2.75, 3.05) is 20.2 Å². The molecule has 1 aliphatic rings. The Kier molecular flexibility index (Phi) is 3.46. The highest BCUT2D eigenvalue weighted by molar-refractivity contribution is 5.88. The van der Waals surface area contributed by atoms with E-state index in [1.54, 1.807) is 19.3 Å². The number of esters is 1. The van der Waals surface area contributed by atoms with Crippen molar-refractivity contribution in [2.24, 2.45) is 0 Å². The Hall–Kier alpha value is -1.78. The summed E-state index contributed by atoms with van der Waals surface area (Å²) in [6.45, 7) is 3.18. The summed E-state index contributed by atoms with van der Waals surface area (Å²) in [5.41, 5.74) is 0.513. The van der Waals surface area contributed by atoms with Crippen LogP contribution in [0.1, 0.15) is 29.7 Å². The van der Waals surface area contributed by atoms with E-state index < -0.39 is 0 Å². The van der Waals surface area contributed by atoms with E-state index in [0.29, 0.717) is 12.2 Å². The average molecular weight is 235 g/mol. The zero-order valence-electron chi connectivity index (χ0n) is 10.2. The highest BCUT2D eigenvalue weighted by atomic mass is 16.5. The highest BCUT2D eigenvalue weighted by Crippen LogP contribution is 2.18. The molecule has 0 aromatic carbocycles. The molecule has 1 aromatic rings. The van der Waals surface area contributed by atoms with Crippen LogP contribution in [0.15, 0.2) is 24.7 Å². The minimum atomic E-state index is -0.310. The molecule has 0 spiro atoms. The topological polar surface area (TPSA) is 47.4 Å². The van der Waals surface area contributed by atoms with Gasteiger partial charge in [-0.25, -0.2) is 4.79 Å². The van der Waals surface area contributed by atoms with E-state index in [9.17, 15) is 4.79 Å². The smallest absolute Gasteiger partial charge is 0.341 e. The SMILES string of the molecule is CCOC(=O)c1cnn(C2C=CN(C)CC2)c1. The zero-order valence-corrected chi connectivity index (χ0v) is 10.2. The van der Waals surface area contributed by atoms with Crippen LogP contribution < -0.4 is 0 Å². The average Bonchev–Trinajstić information content (AvgIpc) is 2.80. The molecule has 0 aliphatic carbocycles. The molecular formula is C12H17N3O2. The molecule has 1 atom stereocenters. The summed E-state index contributed by atoms with van der Waals surface area (Å²) in [7, 11) is 2.04. The van der Waals surface area contributed by atoms with E-state index >= 15 is 0 Å². The number of ether oxygens (including phenoxy) is 1. The minimum Gasteiger partial charge on any atom is -0.462 e. The molecule has 1 unspecified atom stereocenters. The third-order valence-corrected chi connectivity index (χ3v) is 2.79. The molecule has 5 nitrogen and oxygen atoms in total. The van der Waals surface area contributed by atoms with Gasteiger partial charge in [-0.15, -0.1) is 0 Å². The predicted molar refractivity (Wildman–Crippen MR) is 63.6 cm³/mol. The molecule has 2 rings (SSSR count). The van der Waals surface area contributed by atoms with Gasteiger partial charge >= 0.3 is 5.97 Å². The zero-order chi connectivity index (χ0) is 12.3. The Balaban J connectivity index is 2.08. The number of hydrogen-bond donors (Lipinski definition) is 0. The summed E-state index contributed by atoms with van der Waals surface area (Å²) in [5, 5.41) is 4.21. The molecule has 5 heteroatoms. The van der Waals surface area contributed by atoms with Crippen molar-refractivity contribution in [1.29, 1.82) is 0 Å². The largest absolute Gasteiger partial charge is 0.462 e. The van der Waals surface area contributed by atoms with Crippen LogP contribution in [0.5, 0.6) is 0 Å². The molecule has 0 fully saturated rings. The summed E-state index contributed by atoms with van der Waals surface area (Å²) in [6, 6.07) is 0.231. The molecule has 2 heterocycles. The van der Waals surface area contributed by atoms with Crippen molar-refractivity contribution in [3.8, 4) is 0 Å². The van der Waals surface area contributed by atoms with Gasteiger partial charge < -0.3 is 9.64 Å². The van der Waals surface area contributed by atoms with Crippen LogP contribution in [0, 0.1) is 0 Å². The Bertz CT molecular complexity index is 425. The fraction of sp³-hybridized carbons (Fsp3) is 0.500. The van der Waals surface area contributed by atoms with Crippen molar-refractivity contribution < 1.29 is 9.53 Å². The molecule has 17 heavy (non-hydrogen) atoms. The summed E-state index contributed by atoms with van der Waals surface area (Å²) in [4.78, 5) is 13.6. The van der Waals surface area contributed by atoms with Gasteiger partial charge in [0.05, 0.1) is 24.4 Å². The molecule has 92 valence electrons. The number of carbonyl (C=O) groups excluding carboxylic acids is 1. The quantitative estimate of drug-likeness (QED) is 0.744. The Morgan fingerprint density at radius 1 is 1.65 bits per heavy atom. The first-order valence-electron chi connectivity index (χ1n) is 5.80. The Morgan fingerprint density at radius 3 is 3.12 bits per heavy atom. The number of rotatable bonds is 3. The molecule has 0 radical (unpaired) electrons. The van der Waals surface area contributed by atoms with Crippen LogP contribution in [0.4, 0.5) is 0 Å². The van der Waals surface area contributed by atoms with Gasteiger partial charge in [-0.1, -0.05) is 0 Å². The minimum absolute atomic E-state index is 0.231. The summed E-state index contributed by atoms with van der Waals surface area (Å²) in [5.74, 6) is -0.310. The number of nitrogens with zero attached hydrogens (tertiary/aromatic N) is 3. The van der Waals surface area contributed by atoms with Crippen molar-refractivity contribution in [3.05, 3.63) is 30.2 Å². The van der Waals surface area contributed by atoms with Crippen LogP contribution in [0.3, 0.4) is 0 Å². The van der Waals surface area contributed by atoms with Gasteiger partial charge in [0.15, 0.2) is 0 Å². The lowest BCUT2D eigenvalue weighted by molar-refractivity contribution is 0.0526. The molecule has 1 aliphatic heterocycles. The van der Waals surface area contributed by atoms with Crippen LogP contribution in [-0.2, 0) is 4.74 Å². The summed E-state index contributed by atoms with van der Waals surface area (Å²) >= 11 is 0. The van der Waals surface area contributed by atoms with Crippen molar-refractivity contribution in [2.45, 2.75) is 19.4 Å². The van der Waals surface area contributed by atoms with E-state index in [2.05, 4.69) is 16.1 Å². The lowest BCUT2D eigenvalue weighted by Gasteiger charge is -2.24. The normalized spacial score (nSPS) is 19.4. The van der Waals surface area contributed by atoms with Crippen LogP contribution in [-0.4, -0.2) is 40.8 Å². The second-order valence-electron chi connectivity index (χ2n) is 4.11. The van der Waals surface area contributed by atoms with Gasteiger partial charge in [-0.3, -0.25) is 4.68 Å². The maximum atomic E-state index is 11.5. The lowest BCUT2D eigenvalue weighted by atomic mass is 10.1. The molecule has 0 saturated carbocycles. The first-order chi connectivity index (χ1) is 8.20. The van der Waals surface area contributed by atoms with E-state index in [0.717, 1.165) is 13.0 Å². The molecule has 0 bridgehead atoms. The number of hydrogen-bond acceptors (Lipinski definition) is 4. The number of carbonyl (C=O) groups is 1. The second kappa shape index (κ2) is 5.03. The molecular weight excluding hydrogens is 218 g/mol. The van der Waals surface area contributed by atoms with Gasteiger partial charge in [0, 0.05) is 19.8 Å². The van der Waals surface area contributed by atoms with Crippen LogP contribution in [0.25, 0.3) is 0 Å². The molecule has 0 amide bonds. The van der Waals surface area contributed by atoms with E-state index in [1.807, 2.05) is 17.9 Å². The molecule has 0 saturated heterocycles. The maximum Gasteiger partial charge on any atom is 0.341 e. The molecule has 1 aromatic heterocycles. The fourth-order valence-electron chi connectivity index (χ4n) is 1.81. The standard InChI is InChI=1S/C12H17N3O2/c1-3-17-12(16)10-8-13-15(9-10)11-4-6-14(2)7-5-11/h4,6,8-9,11H,3,5,7H2,1-2H3. The van der Waals surface area contributed by atoms with Gasteiger partial charge in [0.1, 0.15) is 0 Å². The summed E-state index contributed by atoms with van der Waals surface area (Å²) in [6.07, 6.45) is 8.44. The van der Waals surface area contributed by atoms with E-state index in [-0.39, 0.29) is 12.0 Å². The summed E-state index contributed by atoms with van der Waals surface area (Å²) < 4.78 is 6.74. The Labute approximate surface area is 101 Å². The lowest BCUT2D eigenvalue weighted by Crippen LogP contribution is -2.22. The monoisotopic (exact) mass is 235 g/mol. The van der Waals surface area contributed by atoms with Gasteiger partial charge in [0.2, 0.25) is 0 Å². The second-order valence-corrected chi connectivity index (χ2v) is 4.11. The van der Waals surface area contributed by atoms with Crippen LogP contribution >= 0.6 is 0 Å².